The number of aromatic nitrogens is 2. The van der Waals surface area contributed by atoms with Gasteiger partial charge in [-0.05, 0) is 24.5 Å². The molecule has 1 aliphatic heterocycles. The molecule has 1 aliphatic rings. The van der Waals surface area contributed by atoms with Crippen molar-refractivity contribution in [2.75, 3.05) is 11.9 Å². The quantitative estimate of drug-likeness (QED) is 0.533. The number of aromatic amines is 1. The van der Waals surface area contributed by atoms with E-state index in [1.54, 1.807) is 11.6 Å². The molecule has 4 amide bonds. The van der Waals surface area contributed by atoms with Crippen molar-refractivity contribution in [1.29, 1.82) is 0 Å². The normalized spacial score (nSPS) is 16.6. The number of carbonyl (C=O) groups excluding carboxylic acids is 3. The Morgan fingerprint density at radius 1 is 1.29 bits per heavy atom. The predicted molar refractivity (Wildman–Crippen MR) is 106 cm³/mol. The predicted octanol–water partition coefficient (Wildman–Crippen LogP) is 2.51. The molecule has 3 aromatic rings. The summed E-state index contributed by atoms with van der Waals surface area (Å²) in [6, 6.07) is 6.83. The number of urea groups is 1. The molecule has 3 heterocycles. The number of rotatable bonds is 7. The molecule has 144 valence electrons. The Kier molecular flexibility index (Phi) is 5.07. The van der Waals surface area contributed by atoms with Crippen LogP contribution in [-0.4, -0.2) is 45.3 Å². The van der Waals surface area contributed by atoms with Gasteiger partial charge in [0.25, 0.3) is 5.91 Å². The average Bonchev–Trinajstić information content (AvgIpc) is 3.40. The summed E-state index contributed by atoms with van der Waals surface area (Å²) in [4.78, 5) is 45.1. The standard InChI is InChI=1S/C19H19N5O3S/c25-16(23-18-20-8-10-28-18)6-5-15-17(26)24(19(27)22-15)9-7-12-11-21-14-4-2-1-3-13(12)14/h1-4,8,10-11,15,21H,5-7,9H2,(H,22,27)(H,20,23,25)/t15-/m0/s1. The summed E-state index contributed by atoms with van der Waals surface area (Å²) in [6.45, 7) is 0.300. The number of para-hydroxylation sites is 1. The van der Waals surface area contributed by atoms with Crippen molar-refractivity contribution >= 4 is 45.2 Å². The van der Waals surface area contributed by atoms with E-state index in [0.717, 1.165) is 16.5 Å². The van der Waals surface area contributed by atoms with E-state index in [1.807, 2.05) is 30.5 Å². The van der Waals surface area contributed by atoms with Crippen molar-refractivity contribution < 1.29 is 14.4 Å². The van der Waals surface area contributed by atoms with Gasteiger partial charge in [0.2, 0.25) is 5.91 Å². The SMILES string of the molecule is O=C(CC[C@@H]1NC(=O)N(CCc2c[nH]c3ccccc23)C1=O)Nc1nccs1. The lowest BCUT2D eigenvalue weighted by Gasteiger charge is -2.12. The van der Waals surface area contributed by atoms with Gasteiger partial charge in [-0.15, -0.1) is 11.3 Å². The van der Waals surface area contributed by atoms with Gasteiger partial charge in [0.15, 0.2) is 5.13 Å². The van der Waals surface area contributed by atoms with Crippen molar-refractivity contribution in [2.24, 2.45) is 0 Å². The summed E-state index contributed by atoms with van der Waals surface area (Å²) < 4.78 is 0. The highest BCUT2D eigenvalue weighted by molar-refractivity contribution is 7.13. The number of benzene rings is 1. The second-order valence-corrected chi connectivity index (χ2v) is 7.42. The van der Waals surface area contributed by atoms with Gasteiger partial charge in [0.05, 0.1) is 0 Å². The van der Waals surface area contributed by atoms with Gasteiger partial charge in [-0.1, -0.05) is 18.2 Å². The number of imide groups is 1. The van der Waals surface area contributed by atoms with Gasteiger partial charge in [0.1, 0.15) is 6.04 Å². The zero-order chi connectivity index (χ0) is 19.5. The lowest BCUT2D eigenvalue weighted by atomic mass is 10.1. The van der Waals surface area contributed by atoms with E-state index >= 15 is 0 Å². The van der Waals surface area contributed by atoms with Gasteiger partial charge in [-0.25, -0.2) is 9.78 Å². The summed E-state index contributed by atoms with van der Waals surface area (Å²) in [6.07, 6.45) is 4.47. The minimum Gasteiger partial charge on any atom is -0.361 e. The van der Waals surface area contributed by atoms with E-state index < -0.39 is 12.1 Å². The molecule has 1 aromatic carbocycles. The summed E-state index contributed by atoms with van der Waals surface area (Å²) in [5.74, 6) is -0.513. The number of carbonyl (C=O) groups is 3. The monoisotopic (exact) mass is 397 g/mol. The maximum atomic E-state index is 12.6. The van der Waals surface area contributed by atoms with Crippen molar-refractivity contribution in [3.8, 4) is 0 Å². The first-order chi connectivity index (χ1) is 13.6. The van der Waals surface area contributed by atoms with E-state index in [0.29, 0.717) is 18.1 Å². The maximum absolute atomic E-state index is 12.6. The zero-order valence-corrected chi connectivity index (χ0v) is 15.8. The molecule has 28 heavy (non-hydrogen) atoms. The highest BCUT2D eigenvalue weighted by atomic mass is 32.1. The van der Waals surface area contributed by atoms with Gasteiger partial charge in [0, 0.05) is 41.6 Å². The Hall–Kier alpha value is -3.20. The number of nitrogens with zero attached hydrogens (tertiary/aromatic N) is 2. The molecule has 0 aliphatic carbocycles. The highest BCUT2D eigenvalue weighted by Crippen LogP contribution is 2.20. The van der Waals surface area contributed by atoms with Crippen molar-refractivity contribution in [1.82, 2.24) is 20.2 Å². The van der Waals surface area contributed by atoms with E-state index in [-0.39, 0.29) is 24.7 Å². The Balaban J connectivity index is 1.31. The first kappa shape index (κ1) is 18.2. The molecular formula is C19H19N5O3S. The maximum Gasteiger partial charge on any atom is 0.324 e. The van der Waals surface area contributed by atoms with Crippen LogP contribution in [0.2, 0.25) is 0 Å². The van der Waals surface area contributed by atoms with Crippen LogP contribution in [0.3, 0.4) is 0 Å². The average molecular weight is 397 g/mol. The number of thiazole rings is 1. The van der Waals surface area contributed by atoms with Crippen LogP contribution in [0.15, 0.2) is 42.0 Å². The van der Waals surface area contributed by atoms with Gasteiger partial charge >= 0.3 is 6.03 Å². The molecule has 0 saturated carbocycles. The van der Waals surface area contributed by atoms with Crippen LogP contribution >= 0.6 is 11.3 Å². The van der Waals surface area contributed by atoms with Gasteiger partial charge < -0.3 is 15.6 Å². The molecule has 0 spiro atoms. The number of fused-ring (bicyclic) bond motifs is 1. The molecule has 0 unspecified atom stereocenters. The second kappa shape index (κ2) is 7.81. The minimum atomic E-state index is -0.669. The number of hydrogen-bond acceptors (Lipinski definition) is 5. The second-order valence-electron chi connectivity index (χ2n) is 6.53. The molecule has 1 fully saturated rings. The van der Waals surface area contributed by atoms with Crippen LogP contribution in [0.25, 0.3) is 10.9 Å². The van der Waals surface area contributed by atoms with Crippen LogP contribution < -0.4 is 10.6 Å². The Labute approximate surface area is 164 Å². The molecule has 0 radical (unpaired) electrons. The van der Waals surface area contributed by atoms with Gasteiger partial charge in [-0.3, -0.25) is 14.5 Å². The molecule has 1 saturated heterocycles. The molecule has 4 rings (SSSR count). The number of H-pyrrole nitrogens is 1. The topological polar surface area (TPSA) is 107 Å². The highest BCUT2D eigenvalue weighted by Gasteiger charge is 2.37. The third-order valence-corrected chi connectivity index (χ3v) is 5.41. The Morgan fingerprint density at radius 2 is 2.14 bits per heavy atom. The number of amides is 4. The third kappa shape index (κ3) is 3.74. The Morgan fingerprint density at radius 3 is 2.96 bits per heavy atom. The third-order valence-electron chi connectivity index (χ3n) is 4.73. The lowest BCUT2D eigenvalue weighted by Crippen LogP contribution is -2.33. The number of hydrogen-bond donors (Lipinski definition) is 3. The number of anilines is 1. The molecule has 2 aromatic heterocycles. The van der Waals surface area contributed by atoms with Crippen molar-refractivity contribution in [3.63, 3.8) is 0 Å². The molecule has 3 N–H and O–H groups in total. The van der Waals surface area contributed by atoms with E-state index in [4.69, 9.17) is 0 Å². The molecular weight excluding hydrogens is 378 g/mol. The van der Waals surface area contributed by atoms with E-state index in [2.05, 4.69) is 20.6 Å². The minimum absolute atomic E-state index is 0.132. The fraction of sp³-hybridized carbons (Fsp3) is 0.263. The zero-order valence-electron chi connectivity index (χ0n) is 15.0. The summed E-state index contributed by atoms with van der Waals surface area (Å²) in [5, 5.41) is 8.72. The fourth-order valence-electron chi connectivity index (χ4n) is 3.30. The summed E-state index contributed by atoms with van der Waals surface area (Å²) >= 11 is 1.33. The first-order valence-electron chi connectivity index (χ1n) is 8.98. The van der Waals surface area contributed by atoms with Crippen LogP contribution in [0.5, 0.6) is 0 Å². The van der Waals surface area contributed by atoms with Crippen LogP contribution in [-0.2, 0) is 16.0 Å². The Bertz CT molecular complexity index is 1010. The van der Waals surface area contributed by atoms with Crippen molar-refractivity contribution in [2.45, 2.75) is 25.3 Å². The molecule has 0 bridgehead atoms. The van der Waals surface area contributed by atoms with E-state index in [9.17, 15) is 14.4 Å². The molecule has 9 heteroatoms. The molecule has 1 atom stereocenters. The lowest BCUT2D eigenvalue weighted by molar-refractivity contribution is -0.127. The van der Waals surface area contributed by atoms with Gasteiger partial charge in [-0.2, -0.15) is 0 Å². The molecule has 8 nitrogen and oxygen atoms in total. The summed E-state index contributed by atoms with van der Waals surface area (Å²) in [5.41, 5.74) is 2.08. The van der Waals surface area contributed by atoms with E-state index in [1.165, 1.54) is 16.2 Å². The van der Waals surface area contributed by atoms with Crippen LogP contribution in [0.1, 0.15) is 18.4 Å². The number of nitrogens with one attached hydrogen (secondary N) is 3. The van der Waals surface area contributed by atoms with Crippen LogP contribution in [0.4, 0.5) is 9.93 Å². The summed E-state index contributed by atoms with van der Waals surface area (Å²) in [7, 11) is 0. The van der Waals surface area contributed by atoms with Crippen LogP contribution in [0, 0.1) is 0 Å². The smallest absolute Gasteiger partial charge is 0.324 e. The largest absolute Gasteiger partial charge is 0.361 e. The van der Waals surface area contributed by atoms with Crippen molar-refractivity contribution in [3.05, 3.63) is 47.6 Å². The fourth-order valence-corrected chi connectivity index (χ4v) is 3.84. The first-order valence-corrected chi connectivity index (χ1v) is 9.86.